The highest BCUT2D eigenvalue weighted by molar-refractivity contribution is 9.11. The van der Waals surface area contributed by atoms with Crippen LogP contribution in [0.25, 0.3) is 10.6 Å². The van der Waals surface area contributed by atoms with E-state index in [4.69, 9.17) is 0 Å². The lowest BCUT2D eigenvalue weighted by atomic mass is 10.3. The lowest BCUT2D eigenvalue weighted by Gasteiger charge is -1.89. The van der Waals surface area contributed by atoms with Gasteiger partial charge in [-0.15, -0.1) is 22.7 Å². The molecule has 0 aliphatic carbocycles. The van der Waals surface area contributed by atoms with E-state index in [-0.39, 0.29) is 0 Å². The molecule has 0 bridgehead atoms. The zero-order valence-corrected chi connectivity index (χ0v) is 11.0. The fraction of sp³-hybridized carbons (Fsp3) is 0.300. The molecular weight excluding hydrogens is 278 g/mol. The predicted molar refractivity (Wildman–Crippen MR) is 67.1 cm³/mol. The molecular formula is C10H10BrNS2. The molecule has 0 amide bonds. The zero-order valence-electron chi connectivity index (χ0n) is 7.79. The Morgan fingerprint density at radius 1 is 1.43 bits per heavy atom. The Bertz CT molecular complexity index is 419. The second-order valence-electron chi connectivity index (χ2n) is 2.98. The molecule has 14 heavy (non-hydrogen) atoms. The van der Waals surface area contributed by atoms with Crippen LogP contribution in [0.1, 0.15) is 18.4 Å². The van der Waals surface area contributed by atoms with Crippen molar-refractivity contribution in [2.24, 2.45) is 0 Å². The van der Waals surface area contributed by atoms with E-state index in [2.05, 4.69) is 45.4 Å². The number of thiophene rings is 1. The number of nitrogens with zero attached hydrogens (tertiary/aromatic N) is 1. The van der Waals surface area contributed by atoms with Crippen LogP contribution in [0.5, 0.6) is 0 Å². The first-order chi connectivity index (χ1) is 6.79. The lowest BCUT2D eigenvalue weighted by Crippen LogP contribution is -1.80. The van der Waals surface area contributed by atoms with Crippen molar-refractivity contribution in [3.63, 3.8) is 0 Å². The molecule has 2 aromatic rings. The van der Waals surface area contributed by atoms with Gasteiger partial charge in [-0.25, -0.2) is 4.98 Å². The number of hydrogen-bond acceptors (Lipinski definition) is 3. The van der Waals surface area contributed by atoms with Crippen molar-refractivity contribution in [3.8, 4) is 10.6 Å². The number of aromatic nitrogens is 1. The van der Waals surface area contributed by atoms with Crippen molar-refractivity contribution in [2.75, 3.05) is 0 Å². The summed E-state index contributed by atoms with van der Waals surface area (Å²) in [5.74, 6) is 0. The Balaban J connectivity index is 2.24. The number of aryl methyl sites for hydroxylation is 1. The van der Waals surface area contributed by atoms with E-state index < -0.39 is 0 Å². The van der Waals surface area contributed by atoms with Gasteiger partial charge in [0.15, 0.2) is 0 Å². The van der Waals surface area contributed by atoms with Gasteiger partial charge in [0.1, 0.15) is 0 Å². The predicted octanol–water partition coefficient (Wildman–Crippen LogP) is 4.59. The molecule has 0 radical (unpaired) electrons. The second kappa shape index (κ2) is 4.55. The summed E-state index contributed by atoms with van der Waals surface area (Å²) in [5.41, 5.74) is 1.12. The molecule has 0 aromatic carbocycles. The van der Waals surface area contributed by atoms with Gasteiger partial charge in [-0.2, -0.15) is 0 Å². The Morgan fingerprint density at radius 2 is 2.29 bits per heavy atom. The standard InChI is InChI=1S/C10H10BrNS2/c1-2-3-10-12-7(6-13-10)8-4-5-9(11)14-8/h4-6H,2-3H2,1H3. The van der Waals surface area contributed by atoms with Crippen molar-refractivity contribution < 1.29 is 0 Å². The first kappa shape index (κ1) is 10.3. The summed E-state index contributed by atoms with van der Waals surface area (Å²) in [6.45, 7) is 2.18. The maximum Gasteiger partial charge on any atom is 0.0932 e. The highest BCUT2D eigenvalue weighted by atomic mass is 79.9. The van der Waals surface area contributed by atoms with Crippen molar-refractivity contribution in [2.45, 2.75) is 19.8 Å². The summed E-state index contributed by atoms with van der Waals surface area (Å²) in [4.78, 5) is 5.84. The highest BCUT2D eigenvalue weighted by Crippen LogP contribution is 2.31. The van der Waals surface area contributed by atoms with Crippen LogP contribution in [0, 0.1) is 0 Å². The molecule has 0 atom stereocenters. The molecule has 0 unspecified atom stereocenters. The molecule has 0 saturated carbocycles. The average Bonchev–Trinajstić information content (AvgIpc) is 2.74. The van der Waals surface area contributed by atoms with Gasteiger partial charge in [-0.05, 0) is 40.9 Å². The maximum atomic E-state index is 4.59. The van der Waals surface area contributed by atoms with Crippen LogP contribution < -0.4 is 0 Å². The summed E-state index contributed by atoms with van der Waals surface area (Å²) in [5, 5.41) is 3.38. The van der Waals surface area contributed by atoms with Crippen LogP contribution in [-0.2, 0) is 6.42 Å². The van der Waals surface area contributed by atoms with Gasteiger partial charge in [0.05, 0.1) is 19.4 Å². The van der Waals surface area contributed by atoms with Crippen molar-refractivity contribution >= 4 is 38.6 Å². The summed E-state index contributed by atoms with van der Waals surface area (Å²) >= 11 is 6.95. The van der Waals surface area contributed by atoms with Crippen LogP contribution in [0.2, 0.25) is 0 Å². The van der Waals surface area contributed by atoms with Gasteiger partial charge in [0.25, 0.3) is 0 Å². The first-order valence-electron chi connectivity index (χ1n) is 4.49. The topological polar surface area (TPSA) is 12.9 Å². The SMILES string of the molecule is CCCc1nc(-c2ccc(Br)s2)cs1. The minimum absolute atomic E-state index is 1.09. The molecule has 2 aromatic heterocycles. The monoisotopic (exact) mass is 287 g/mol. The lowest BCUT2D eigenvalue weighted by molar-refractivity contribution is 0.910. The van der Waals surface area contributed by atoms with Crippen molar-refractivity contribution in [1.82, 2.24) is 4.98 Å². The molecule has 2 rings (SSSR count). The van der Waals surface area contributed by atoms with Crippen molar-refractivity contribution in [1.29, 1.82) is 0 Å². The van der Waals surface area contributed by atoms with Gasteiger partial charge < -0.3 is 0 Å². The Hall–Kier alpha value is -0.190. The van der Waals surface area contributed by atoms with Gasteiger partial charge >= 0.3 is 0 Å². The molecule has 74 valence electrons. The minimum atomic E-state index is 1.09. The fourth-order valence-corrected chi connectivity index (χ4v) is 3.53. The first-order valence-corrected chi connectivity index (χ1v) is 6.98. The molecule has 0 spiro atoms. The Labute approximate surface area is 100.0 Å². The normalized spacial score (nSPS) is 10.7. The molecule has 4 heteroatoms. The summed E-state index contributed by atoms with van der Waals surface area (Å²) < 4.78 is 1.16. The molecule has 0 saturated heterocycles. The summed E-state index contributed by atoms with van der Waals surface area (Å²) in [6.07, 6.45) is 2.26. The van der Waals surface area contributed by atoms with E-state index in [1.807, 2.05) is 0 Å². The molecule has 0 aliphatic heterocycles. The second-order valence-corrected chi connectivity index (χ2v) is 6.39. The molecule has 0 N–H and O–H groups in total. The van der Waals surface area contributed by atoms with E-state index in [0.29, 0.717) is 0 Å². The molecule has 2 heterocycles. The van der Waals surface area contributed by atoms with Crippen molar-refractivity contribution in [3.05, 3.63) is 26.3 Å². The van der Waals surface area contributed by atoms with Crippen LogP contribution >= 0.6 is 38.6 Å². The van der Waals surface area contributed by atoms with Crippen LogP contribution in [0.4, 0.5) is 0 Å². The van der Waals surface area contributed by atoms with Gasteiger partial charge in [-0.1, -0.05) is 6.92 Å². The van der Waals surface area contributed by atoms with Crippen LogP contribution in [-0.4, -0.2) is 4.98 Å². The molecule has 1 nitrogen and oxygen atoms in total. The number of halogens is 1. The Morgan fingerprint density at radius 3 is 2.93 bits per heavy atom. The van der Waals surface area contributed by atoms with Gasteiger partial charge in [0, 0.05) is 5.38 Å². The quantitative estimate of drug-likeness (QED) is 0.805. The third-order valence-electron chi connectivity index (χ3n) is 1.84. The number of thiazole rings is 1. The average molecular weight is 288 g/mol. The summed E-state index contributed by atoms with van der Waals surface area (Å²) in [7, 11) is 0. The van der Waals surface area contributed by atoms with E-state index in [0.717, 1.165) is 15.9 Å². The van der Waals surface area contributed by atoms with Crippen LogP contribution in [0.3, 0.4) is 0 Å². The van der Waals surface area contributed by atoms with Crippen LogP contribution in [0.15, 0.2) is 21.3 Å². The largest absolute Gasteiger partial charge is 0.240 e. The highest BCUT2D eigenvalue weighted by Gasteiger charge is 2.05. The number of hydrogen-bond donors (Lipinski definition) is 0. The van der Waals surface area contributed by atoms with E-state index in [9.17, 15) is 0 Å². The fourth-order valence-electron chi connectivity index (χ4n) is 1.20. The zero-order chi connectivity index (χ0) is 9.97. The third kappa shape index (κ3) is 2.24. The summed E-state index contributed by atoms with van der Waals surface area (Å²) in [6, 6.07) is 4.18. The van der Waals surface area contributed by atoms with Gasteiger partial charge in [-0.3, -0.25) is 0 Å². The smallest absolute Gasteiger partial charge is 0.0932 e. The third-order valence-corrected chi connectivity index (χ3v) is 4.40. The number of rotatable bonds is 3. The van der Waals surface area contributed by atoms with E-state index in [1.54, 1.807) is 22.7 Å². The van der Waals surface area contributed by atoms with Gasteiger partial charge in [0.2, 0.25) is 0 Å². The van der Waals surface area contributed by atoms with E-state index >= 15 is 0 Å². The molecule has 0 fully saturated rings. The molecule has 0 aliphatic rings. The maximum absolute atomic E-state index is 4.59. The van der Waals surface area contributed by atoms with E-state index in [1.165, 1.54) is 16.3 Å². The minimum Gasteiger partial charge on any atom is -0.240 e. The Kier molecular flexibility index (Phi) is 3.36.